The molecule has 14 heavy (non-hydrogen) atoms. The molecule has 0 bridgehead atoms. The number of ketones is 1. The Morgan fingerprint density at radius 1 is 1.43 bits per heavy atom. The zero-order valence-electron chi connectivity index (χ0n) is 8.17. The van der Waals surface area contributed by atoms with Crippen molar-refractivity contribution in [1.29, 1.82) is 0 Å². The maximum Gasteiger partial charge on any atom is 0.187 e. The minimum absolute atomic E-state index is 0.0463. The molecule has 0 fully saturated rings. The molecule has 2 nitrogen and oxygen atoms in total. The first-order chi connectivity index (χ1) is 6.50. The van der Waals surface area contributed by atoms with Gasteiger partial charge in [-0.05, 0) is 38.1 Å². The maximum absolute atomic E-state index is 11.6. The first-order valence-electron chi connectivity index (χ1n) is 4.25. The SMILES string of the molecule is CC(C)=CC(=O)c1ccc(Br)cc1N. The van der Waals surface area contributed by atoms with Crippen molar-refractivity contribution in [2.24, 2.45) is 0 Å². The van der Waals surface area contributed by atoms with Crippen molar-refractivity contribution >= 4 is 27.4 Å². The van der Waals surface area contributed by atoms with Gasteiger partial charge in [-0.25, -0.2) is 0 Å². The summed E-state index contributed by atoms with van der Waals surface area (Å²) in [5.74, 6) is -0.0463. The van der Waals surface area contributed by atoms with Crippen molar-refractivity contribution in [1.82, 2.24) is 0 Å². The van der Waals surface area contributed by atoms with Crippen molar-refractivity contribution in [3.63, 3.8) is 0 Å². The molecule has 0 atom stereocenters. The largest absolute Gasteiger partial charge is 0.398 e. The molecule has 0 unspecified atom stereocenters. The number of benzene rings is 1. The third kappa shape index (κ3) is 2.70. The Morgan fingerprint density at radius 2 is 2.07 bits per heavy atom. The van der Waals surface area contributed by atoms with Gasteiger partial charge in [-0.15, -0.1) is 0 Å². The molecule has 0 aromatic heterocycles. The van der Waals surface area contributed by atoms with E-state index < -0.39 is 0 Å². The van der Waals surface area contributed by atoms with Gasteiger partial charge in [0, 0.05) is 15.7 Å². The maximum atomic E-state index is 11.6. The molecule has 0 saturated heterocycles. The number of hydrogen-bond acceptors (Lipinski definition) is 2. The summed E-state index contributed by atoms with van der Waals surface area (Å²) >= 11 is 3.29. The Kier molecular flexibility index (Phi) is 3.47. The van der Waals surface area contributed by atoms with Crippen LogP contribution in [0.2, 0.25) is 0 Å². The standard InChI is InChI=1S/C11H12BrNO/c1-7(2)5-11(14)9-4-3-8(12)6-10(9)13/h3-6H,13H2,1-2H3. The molecule has 3 heteroatoms. The zero-order valence-corrected chi connectivity index (χ0v) is 9.76. The molecule has 0 spiro atoms. The molecule has 0 saturated carbocycles. The van der Waals surface area contributed by atoms with Crippen LogP contribution in [0.4, 0.5) is 5.69 Å². The quantitative estimate of drug-likeness (QED) is 0.500. The van der Waals surface area contributed by atoms with E-state index in [0.717, 1.165) is 10.0 Å². The van der Waals surface area contributed by atoms with Gasteiger partial charge in [-0.3, -0.25) is 4.79 Å². The van der Waals surface area contributed by atoms with Crippen molar-refractivity contribution < 1.29 is 4.79 Å². The van der Waals surface area contributed by atoms with Crippen LogP contribution >= 0.6 is 15.9 Å². The van der Waals surface area contributed by atoms with Gasteiger partial charge in [0.25, 0.3) is 0 Å². The number of allylic oxidation sites excluding steroid dienone is 2. The highest BCUT2D eigenvalue weighted by Crippen LogP contribution is 2.19. The summed E-state index contributed by atoms with van der Waals surface area (Å²) in [5.41, 5.74) is 7.74. The Hall–Kier alpha value is -1.09. The second-order valence-corrected chi connectivity index (χ2v) is 4.23. The molecule has 0 aliphatic rings. The van der Waals surface area contributed by atoms with Gasteiger partial charge in [0.15, 0.2) is 5.78 Å². The van der Waals surface area contributed by atoms with Crippen LogP contribution in [0.5, 0.6) is 0 Å². The molecule has 1 aromatic carbocycles. The van der Waals surface area contributed by atoms with E-state index in [1.807, 2.05) is 19.9 Å². The summed E-state index contributed by atoms with van der Waals surface area (Å²) in [5, 5.41) is 0. The molecule has 0 amide bonds. The third-order valence-electron chi connectivity index (χ3n) is 1.70. The zero-order chi connectivity index (χ0) is 10.7. The molecule has 1 rings (SSSR count). The summed E-state index contributed by atoms with van der Waals surface area (Å²) in [6.07, 6.45) is 1.58. The molecule has 2 N–H and O–H groups in total. The number of rotatable bonds is 2. The number of halogens is 1. The van der Waals surface area contributed by atoms with E-state index in [1.165, 1.54) is 0 Å². The van der Waals surface area contributed by atoms with Crippen LogP contribution in [0.3, 0.4) is 0 Å². The Bertz CT molecular complexity index is 392. The second-order valence-electron chi connectivity index (χ2n) is 3.32. The number of carbonyl (C=O) groups excluding carboxylic acids is 1. The summed E-state index contributed by atoms with van der Waals surface area (Å²) in [7, 11) is 0. The number of nitrogens with two attached hydrogens (primary N) is 1. The average molecular weight is 254 g/mol. The normalized spacial score (nSPS) is 9.64. The lowest BCUT2D eigenvalue weighted by molar-refractivity contribution is 0.104. The Balaban J connectivity index is 3.08. The fraction of sp³-hybridized carbons (Fsp3) is 0.182. The van der Waals surface area contributed by atoms with Crippen LogP contribution in [-0.4, -0.2) is 5.78 Å². The highest BCUT2D eigenvalue weighted by molar-refractivity contribution is 9.10. The molecular weight excluding hydrogens is 242 g/mol. The highest BCUT2D eigenvalue weighted by Gasteiger charge is 2.06. The van der Waals surface area contributed by atoms with E-state index in [4.69, 9.17) is 5.73 Å². The minimum Gasteiger partial charge on any atom is -0.398 e. The number of hydrogen-bond donors (Lipinski definition) is 1. The van der Waals surface area contributed by atoms with Gasteiger partial charge in [-0.1, -0.05) is 21.5 Å². The Morgan fingerprint density at radius 3 is 2.57 bits per heavy atom. The predicted molar refractivity (Wildman–Crippen MR) is 62.3 cm³/mol. The summed E-state index contributed by atoms with van der Waals surface area (Å²) in [6.45, 7) is 3.76. The van der Waals surface area contributed by atoms with Crippen molar-refractivity contribution in [3.8, 4) is 0 Å². The van der Waals surface area contributed by atoms with E-state index in [9.17, 15) is 4.79 Å². The Labute approximate surface area is 91.9 Å². The highest BCUT2D eigenvalue weighted by atomic mass is 79.9. The summed E-state index contributed by atoms with van der Waals surface area (Å²) in [4.78, 5) is 11.6. The van der Waals surface area contributed by atoms with Gasteiger partial charge in [0.1, 0.15) is 0 Å². The van der Waals surface area contributed by atoms with E-state index >= 15 is 0 Å². The molecule has 74 valence electrons. The first kappa shape index (κ1) is 11.0. The number of nitrogen functional groups attached to an aromatic ring is 1. The van der Waals surface area contributed by atoms with Crippen molar-refractivity contribution in [2.75, 3.05) is 5.73 Å². The van der Waals surface area contributed by atoms with Crippen LogP contribution in [0.25, 0.3) is 0 Å². The summed E-state index contributed by atoms with van der Waals surface area (Å²) < 4.78 is 0.878. The topological polar surface area (TPSA) is 43.1 Å². The molecule has 0 heterocycles. The molecule has 0 aliphatic heterocycles. The average Bonchev–Trinajstić information content (AvgIpc) is 2.01. The van der Waals surface area contributed by atoms with Crippen molar-refractivity contribution in [3.05, 3.63) is 39.9 Å². The lowest BCUT2D eigenvalue weighted by Crippen LogP contribution is -2.01. The third-order valence-corrected chi connectivity index (χ3v) is 2.19. The van der Waals surface area contributed by atoms with Crippen molar-refractivity contribution in [2.45, 2.75) is 13.8 Å². The van der Waals surface area contributed by atoms with E-state index in [1.54, 1.807) is 18.2 Å². The monoisotopic (exact) mass is 253 g/mol. The number of anilines is 1. The predicted octanol–water partition coefficient (Wildman–Crippen LogP) is 3.18. The van der Waals surface area contributed by atoms with Gasteiger partial charge in [-0.2, -0.15) is 0 Å². The lowest BCUT2D eigenvalue weighted by atomic mass is 10.1. The van der Waals surface area contributed by atoms with Crippen LogP contribution in [0, 0.1) is 0 Å². The van der Waals surface area contributed by atoms with Crippen LogP contribution in [0.15, 0.2) is 34.3 Å². The fourth-order valence-electron chi connectivity index (χ4n) is 1.10. The minimum atomic E-state index is -0.0463. The van der Waals surface area contributed by atoms with Crippen LogP contribution in [-0.2, 0) is 0 Å². The van der Waals surface area contributed by atoms with Gasteiger partial charge in [0.05, 0.1) is 0 Å². The molecule has 1 aromatic rings. The molecule has 0 radical (unpaired) electrons. The van der Waals surface area contributed by atoms with E-state index in [-0.39, 0.29) is 5.78 Å². The lowest BCUT2D eigenvalue weighted by Gasteiger charge is -2.02. The van der Waals surface area contributed by atoms with Crippen LogP contribution in [0.1, 0.15) is 24.2 Å². The van der Waals surface area contributed by atoms with Crippen LogP contribution < -0.4 is 5.73 Å². The van der Waals surface area contributed by atoms with Gasteiger partial charge < -0.3 is 5.73 Å². The van der Waals surface area contributed by atoms with E-state index in [2.05, 4.69) is 15.9 Å². The van der Waals surface area contributed by atoms with Gasteiger partial charge >= 0.3 is 0 Å². The van der Waals surface area contributed by atoms with Gasteiger partial charge in [0.2, 0.25) is 0 Å². The smallest absolute Gasteiger partial charge is 0.187 e. The second kappa shape index (κ2) is 4.42. The molecule has 0 aliphatic carbocycles. The van der Waals surface area contributed by atoms with E-state index in [0.29, 0.717) is 11.3 Å². The first-order valence-corrected chi connectivity index (χ1v) is 5.04. The number of carbonyl (C=O) groups is 1. The fourth-order valence-corrected chi connectivity index (χ4v) is 1.48. The summed E-state index contributed by atoms with van der Waals surface area (Å²) in [6, 6.07) is 5.26. The molecular formula is C11H12BrNO.